The van der Waals surface area contributed by atoms with E-state index < -0.39 is 5.82 Å². The van der Waals surface area contributed by atoms with Crippen LogP contribution in [0.1, 0.15) is 29.7 Å². The predicted molar refractivity (Wildman–Crippen MR) is 101 cm³/mol. The molecule has 1 unspecified atom stereocenters. The highest BCUT2D eigenvalue weighted by atomic mass is 19.1. The van der Waals surface area contributed by atoms with E-state index in [1.165, 1.54) is 6.07 Å². The molecule has 8 heteroatoms. The van der Waals surface area contributed by atoms with E-state index in [4.69, 9.17) is 5.26 Å². The summed E-state index contributed by atoms with van der Waals surface area (Å²) < 4.78 is 14.2. The average Bonchev–Trinajstić information content (AvgIpc) is 2.73. The van der Waals surface area contributed by atoms with Crippen molar-refractivity contribution in [2.75, 3.05) is 37.7 Å². The molecule has 1 saturated heterocycles. The summed E-state index contributed by atoms with van der Waals surface area (Å²) in [5.74, 6) is -0.0334. The van der Waals surface area contributed by atoms with Gasteiger partial charge in [0, 0.05) is 38.7 Å². The Morgan fingerprint density at radius 1 is 1.25 bits per heavy atom. The van der Waals surface area contributed by atoms with E-state index in [9.17, 15) is 14.3 Å². The Morgan fingerprint density at radius 2 is 2.00 bits per heavy atom. The summed E-state index contributed by atoms with van der Waals surface area (Å²) in [5.41, 5.74) is 1.34. The van der Waals surface area contributed by atoms with Crippen molar-refractivity contribution in [2.24, 2.45) is 0 Å². The number of benzene rings is 1. The zero-order valence-corrected chi connectivity index (χ0v) is 15.7. The van der Waals surface area contributed by atoms with E-state index >= 15 is 0 Å². The second kappa shape index (κ2) is 8.76. The lowest BCUT2D eigenvalue weighted by molar-refractivity contribution is -0.130. The number of halogens is 1. The summed E-state index contributed by atoms with van der Waals surface area (Å²) >= 11 is 0. The first-order valence-electron chi connectivity index (χ1n) is 9.17. The van der Waals surface area contributed by atoms with Gasteiger partial charge in [0.2, 0.25) is 5.91 Å². The molecule has 2 aromatic rings. The van der Waals surface area contributed by atoms with Crippen LogP contribution < -0.4 is 4.90 Å². The highest BCUT2D eigenvalue weighted by molar-refractivity contribution is 5.79. The van der Waals surface area contributed by atoms with Crippen molar-refractivity contribution in [3.05, 3.63) is 53.0 Å². The minimum atomic E-state index is -0.393. The van der Waals surface area contributed by atoms with Gasteiger partial charge in [-0.2, -0.15) is 5.26 Å². The van der Waals surface area contributed by atoms with E-state index in [2.05, 4.69) is 10.2 Å². The summed E-state index contributed by atoms with van der Waals surface area (Å²) in [6.45, 7) is 3.95. The number of aliphatic hydroxyl groups excluding tert-OH is 1. The van der Waals surface area contributed by atoms with Gasteiger partial charge >= 0.3 is 0 Å². The molecule has 7 nitrogen and oxygen atoms in total. The molecule has 1 aromatic heterocycles. The third-order valence-corrected chi connectivity index (χ3v) is 4.95. The Morgan fingerprint density at radius 3 is 2.57 bits per heavy atom. The van der Waals surface area contributed by atoms with Crippen LogP contribution in [0.4, 0.5) is 10.2 Å². The van der Waals surface area contributed by atoms with Crippen molar-refractivity contribution in [3.8, 4) is 6.07 Å². The summed E-state index contributed by atoms with van der Waals surface area (Å²) in [4.78, 5) is 16.3. The molecule has 1 fully saturated rings. The van der Waals surface area contributed by atoms with Crippen LogP contribution in [0.2, 0.25) is 0 Å². The maximum atomic E-state index is 14.2. The Balaban J connectivity index is 1.56. The fourth-order valence-electron chi connectivity index (χ4n) is 3.20. The summed E-state index contributed by atoms with van der Waals surface area (Å²) in [5, 5.41) is 25.8. The molecule has 0 spiro atoms. The van der Waals surface area contributed by atoms with Crippen molar-refractivity contribution in [1.29, 1.82) is 5.26 Å². The van der Waals surface area contributed by atoms with Gasteiger partial charge in [-0.15, -0.1) is 10.2 Å². The van der Waals surface area contributed by atoms with E-state index in [1.54, 1.807) is 36.1 Å². The number of nitriles is 1. The minimum Gasteiger partial charge on any atom is -0.396 e. The molecule has 28 heavy (non-hydrogen) atoms. The molecule has 0 saturated carbocycles. The van der Waals surface area contributed by atoms with Gasteiger partial charge in [0.1, 0.15) is 11.9 Å². The first kappa shape index (κ1) is 19.7. The van der Waals surface area contributed by atoms with Crippen LogP contribution in [0.25, 0.3) is 0 Å². The molecule has 1 aliphatic heterocycles. The zero-order valence-electron chi connectivity index (χ0n) is 15.7. The van der Waals surface area contributed by atoms with Gasteiger partial charge < -0.3 is 14.9 Å². The predicted octanol–water partition coefficient (Wildman–Crippen LogP) is 1.47. The molecule has 1 aliphatic rings. The van der Waals surface area contributed by atoms with Crippen LogP contribution in [0.15, 0.2) is 30.3 Å². The first-order valence-corrected chi connectivity index (χ1v) is 9.17. The third-order valence-electron chi connectivity index (χ3n) is 4.95. The largest absolute Gasteiger partial charge is 0.396 e. The number of aromatic nitrogens is 2. The van der Waals surface area contributed by atoms with Crippen molar-refractivity contribution in [1.82, 2.24) is 15.1 Å². The lowest BCUT2D eigenvalue weighted by Crippen LogP contribution is -2.49. The highest BCUT2D eigenvalue weighted by Gasteiger charge is 2.22. The van der Waals surface area contributed by atoms with E-state index in [1.807, 2.05) is 11.0 Å². The third kappa shape index (κ3) is 4.43. The van der Waals surface area contributed by atoms with E-state index in [-0.39, 0.29) is 30.5 Å². The van der Waals surface area contributed by atoms with E-state index in [0.717, 1.165) is 0 Å². The number of aliphatic hydroxyl groups is 1. The molecular formula is C20H22FN5O2. The van der Waals surface area contributed by atoms with Crippen molar-refractivity contribution < 1.29 is 14.3 Å². The standard InChI is InChI=1S/C20H22FN5O2/c1-14(13-27)17-4-2-15(10-18(17)21)11-20(28)26-8-6-25(7-9-26)19-5-3-16(12-22)23-24-19/h2-5,10,14,27H,6-9,11,13H2,1H3. The van der Waals surface area contributed by atoms with Crippen LogP contribution in [-0.4, -0.2) is 58.9 Å². The van der Waals surface area contributed by atoms with Gasteiger partial charge in [-0.25, -0.2) is 4.39 Å². The molecule has 0 aliphatic carbocycles. The van der Waals surface area contributed by atoms with Gasteiger partial charge in [0.05, 0.1) is 6.42 Å². The monoisotopic (exact) mass is 383 g/mol. The second-order valence-corrected chi connectivity index (χ2v) is 6.87. The smallest absolute Gasteiger partial charge is 0.227 e. The highest BCUT2D eigenvalue weighted by Crippen LogP contribution is 2.20. The number of carbonyl (C=O) groups is 1. The van der Waals surface area contributed by atoms with Gasteiger partial charge in [-0.1, -0.05) is 19.1 Å². The number of hydrogen-bond acceptors (Lipinski definition) is 6. The second-order valence-electron chi connectivity index (χ2n) is 6.87. The molecule has 0 radical (unpaired) electrons. The first-order chi connectivity index (χ1) is 13.5. The molecule has 0 bridgehead atoms. The molecule has 1 N–H and O–H groups in total. The Bertz CT molecular complexity index is 873. The summed E-state index contributed by atoms with van der Waals surface area (Å²) in [6.07, 6.45) is 0.140. The van der Waals surface area contributed by atoms with Crippen LogP contribution >= 0.6 is 0 Å². The summed E-state index contributed by atoms with van der Waals surface area (Å²) in [6, 6.07) is 10.1. The molecule has 146 valence electrons. The number of piperazine rings is 1. The Hall–Kier alpha value is -3.05. The van der Waals surface area contributed by atoms with Crippen LogP contribution in [0, 0.1) is 17.1 Å². The van der Waals surface area contributed by atoms with Crippen LogP contribution in [0.5, 0.6) is 0 Å². The van der Waals surface area contributed by atoms with Gasteiger partial charge in [-0.3, -0.25) is 4.79 Å². The van der Waals surface area contributed by atoms with E-state index in [0.29, 0.717) is 43.1 Å². The maximum Gasteiger partial charge on any atom is 0.227 e. The fourth-order valence-corrected chi connectivity index (χ4v) is 3.20. The molecule has 1 atom stereocenters. The molecule has 1 aromatic carbocycles. The molecule has 1 amide bonds. The van der Waals surface area contributed by atoms with Crippen molar-refractivity contribution in [3.63, 3.8) is 0 Å². The number of anilines is 1. The number of nitrogens with zero attached hydrogens (tertiary/aromatic N) is 5. The van der Waals surface area contributed by atoms with Crippen LogP contribution in [-0.2, 0) is 11.2 Å². The molecular weight excluding hydrogens is 361 g/mol. The van der Waals surface area contributed by atoms with Crippen LogP contribution in [0.3, 0.4) is 0 Å². The number of hydrogen-bond donors (Lipinski definition) is 1. The Labute approximate surface area is 163 Å². The quantitative estimate of drug-likeness (QED) is 0.841. The number of amides is 1. The SMILES string of the molecule is CC(CO)c1ccc(CC(=O)N2CCN(c3ccc(C#N)nn3)CC2)cc1F. The van der Waals surface area contributed by atoms with Gasteiger partial charge in [0.25, 0.3) is 0 Å². The number of carbonyl (C=O) groups excluding carboxylic acids is 1. The Kier molecular flexibility index (Phi) is 6.16. The topological polar surface area (TPSA) is 93.3 Å². The molecule has 3 rings (SSSR count). The van der Waals surface area contributed by atoms with Gasteiger partial charge in [-0.05, 0) is 29.3 Å². The average molecular weight is 383 g/mol. The summed E-state index contributed by atoms with van der Waals surface area (Å²) in [7, 11) is 0. The van der Waals surface area contributed by atoms with Crippen molar-refractivity contribution >= 4 is 11.7 Å². The van der Waals surface area contributed by atoms with Crippen molar-refractivity contribution in [2.45, 2.75) is 19.3 Å². The maximum absolute atomic E-state index is 14.2. The molecule has 2 heterocycles. The normalized spacial score (nSPS) is 15.2. The lowest BCUT2D eigenvalue weighted by Gasteiger charge is -2.35. The van der Waals surface area contributed by atoms with Gasteiger partial charge in [0.15, 0.2) is 11.5 Å². The number of rotatable bonds is 5. The zero-order chi connectivity index (χ0) is 20.1. The minimum absolute atomic E-state index is 0.0482. The lowest BCUT2D eigenvalue weighted by atomic mass is 9.99. The fraction of sp³-hybridized carbons (Fsp3) is 0.400.